The summed E-state index contributed by atoms with van der Waals surface area (Å²) < 4.78 is 16.1. The standard InChI is InChI=1S/C23H17NO6/c1-11-7-19(25)30-22-14(11)5-6-18-21(22)15(10-20(26)29-18)16-8-12-3-4-13(28-2)9-17(12)24-23(16)27/h3-9,15H,10H2,1-2H3,(H,24,27). The maximum atomic E-state index is 13.0. The molecular weight excluding hydrogens is 386 g/mol. The zero-order valence-corrected chi connectivity index (χ0v) is 16.3. The SMILES string of the molecule is COc1ccc2cc(C3CC(=O)Oc4ccc5c(C)cc(=O)oc5c43)c(=O)[nH]c2c1. The van der Waals surface area contributed by atoms with E-state index in [2.05, 4.69) is 4.98 Å². The molecule has 1 unspecified atom stereocenters. The molecule has 2 aromatic carbocycles. The largest absolute Gasteiger partial charge is 0.497 e. The van der Waals surface area contributed by atoms with Crippen LogP contribution >= 0.6 is 0 Å². The fraction of sp³-hybridized carbons (Fsp3) is 0.174. The maximum absolute atomic E-state index is 13.0. The van der Waals surface area contributed by atoms with Gasteiger partial charge < -0.3 is 18.9 Å². The van der Waals surface area contributed by atoms with Crippen LogP contribution in [-0.4, -0.2) is 18.1 Å². The molecule has 1 N–H and O–H groups in total. The lowest BCUT2D eigenvalue weighted by atomic mass is 9.85. The topological polar surface area (TPSA) is 98.6 Å². The van der Waals surface area contributed by atoms with Crippen molar-refractivity contribution in [3.63, 3.8) is 0 Å². The maximum Gasteiger partial charge on any atom is 0.336 e. The Bertz CT molecular complexity index is 1460. The van der Waals surface area contributed by atoms with Gasteiger partial charge in [0.1, 0.15) is 17.1 Å². The third-order valence-electron chi connectivity index (χ3n) is 5.52. The summed E-state index contributed by atoms with van der Waals surface area (Å²) in [5.41, 5.74) is 1.83. The molecule has 0 saturated heterocycles. The number of benzene rings is 2. The van der Waals surface area contributed by atoms with Crippen molar-refractivity contribution in [1.82, 2.24) is 4.98 Å². The van der Waals surface area contributed by atoms with Gasteiger partial charge in [-0.15, -0.1) is 0 Å². The van der Waals surface area contributed by atoms with Crippen molar-refractivity contribution in [2.45, 2.75) is 19.3 Å². The zero-order chi connectivity index (χ0) is 21.0. The molecule has 4 aromatic rings. The third-order valence-corrected chi connectivity index (χ3v) is 5.52. The number of rotatable bonds is 2. The van der Waals surface area contributed by atoms with Crippen molar-refractivity contribution in [2.75, 3.05) is 7.11 Å². The van der Waals surface area contributed by atoms with Gasteiger partial charge in [0, 0.05) is 34.6 Å². The Kier molecular flexibility index (Phi) is 3.99. The Morgan fingerprint density at radius 3 is 2.70 bits per heavy atom. The zero-order valence-electron chi connectivity index (χ0n) is 16.3. The van der Waals surface area contributed by atoms with Crippen LogP contribution in [0.3, 0.4) is 0 Å². The van der Waals surface area contributed by atoms with Crippen molar-refractivity contribution in [3.05, 3.63) is 79.9 Å². The van der Waals surface area contributed by atoms with E-state index in [1.165, 1.54) is 6.07 Å². The van der Waals surface area contributed by atoms with Gasteiger partial charge in [0.15, 0.2) is 0 Å². The van der Waals surface area contributed by atoms with Crippen LogP contribution in [0.5, 0.6) is 11.5 Å². The van der Waals surface area contributed by atoms with Gasteiger partial charge >= 0.3 is 11.6 Å². The third kappa shape index (κ3) is 2.78. The van der Waals surface area contributed by atoms with Crippen molar-refractivity contribution in [3.8, 4) is 11.5 Å². The van der Waals surface area contributed by atoms with Gasteiger partial charge in [0.2, 0.25) is 0 Å². The highest BCUT2D eigenvalue weighted by molar-refractivity contribution is 5.90. The summed E-state index contributed by atoms with van der Waals surface area (Å²) >= 11 is 0. The molecule has 0 spiro atoms. The minimum atomic E-state index is -0.606. The second-order valence-electron chi connectivity index (χ2n) is 7.34. The van der Waals surface area contributed by atoms with Gasteiger partial charge in [-0.1, -0.05) is 0 Å². The van der Waals surface area contributed by atoms with Crippen LogP contribution in [0.25, 0.3) is 21.9 Å². The average molecular weight is 403 g/mol. The summed E-state index contributed by atoms with van der Waals surface area (Å²) in [6, 6.07) is 12.0. The summed E-state index contributed by atoms with van der Waals surface area (Å²) in [4.78, 5) is 40.2. The van der Waals surface area contributed by atoms with Crippen molar-refractivity contribution in [1.29, 1.82) is 0 Å². The van der Waals surface area contributed by atoms with Gasteiger partial charge in [0.05, 0.1) is 19.0 Å². The Balaban J connectivity index is 1.80. The van der Waals surface area contributed by atoms with Crippen LogP contribution in [-0.2, 0) is 4.79 Å². The molecule has 1 atom stereocenters. The van der Waals surface area contributed by atoms with E-state index < -0.39 is 17.5 Å². The van der Waals surface area contributed by atoms with Gasteiger partial charge in [0.25, 0.3) is 5.56 Å². The van der Waals surface area contributed by atoms with E-state index in [0.717, 1.165) is 16.3 Å². The highest BCUT2D eigenvalue weighted by Crippen LogP contribution is 2.42. The van der Waals surface area contributed by atoms with Crippen LogP contribution in [0.4, 0.5) is 0 Å². The number of hydrogen-bond acceptors (Lipinski definition) is 6. The molecule has 0 fully saturated rings. The Morgan fingerprint density at radius 2 is 1.90 bits per heavy atom. The molecule has 0 radical (unpaired) electrons. The first kappa shape index (κ1) is 18.2. The first-order valence-corrected chi connectivity index (χ1v) is 9.43. The number of carbonyl (C=O) groups excluding carboxylic acids is 1. The number of aryl methyl sites for hydroxylation is 1. The van der Waals surface area contributed by atoms with E-state index in [1.54, 1.807) is 37.4 Å². The second kappa shape index (κ2) is 6.59. The fourth-order valence-corrected chi connectivity index (χ4v) is 4.09. The Labute approximate surface area is 169 Å². The van der Waals surface area contributed by atoms with E-state index in [4.69, 9.17) is 13.9 Å². The van der Waals surface area contributed by atoms with Crippen molar-refractivity contribution in [2.24, 2.45) is 0 Å². The predicted molar refractivity (Wildman–Crippen MR) is 110 cm³/mol. The van der Waals surface area contributed by atoms with Gasteiger partial charge in [-0.3, -0.25) is 9.59 Å². The van der Waals surface area contributed by atoms with E-state index in [-0.39, 0.29) is 12.0 Å². The first-order chi connectivity index (χ1) is 14.4. The summed E-state index contributed by atoms with van der Waals surface area (Å²) in [6.07, 6.45) is -0.0332. The molecular formula is C23H17NO6. The molecule has 1 aliphatic heterocycles. The molecule has 150 valence electrons. The van der Waals surface area contributed by atoms with Crippen LogP contribution in [0.1, 0.15) is 29.0 Å². The van der Waals surface area contributed by atoms with Crippen LogP contribution in [0.15, 0.2) is 56.5 Å². The molecule has 0 aliphatic carbocycles. The Morgan fingerprint density at radius 1 is 1.07 bits per heavy atom. The lowest BCUT2D eigenvalue weighted by molar-refractivity contribution is -0.135. The molecule has 0 amide bonds. The van der Waals surface area contributed by atoms with Gasteiger partial charge in [-0.2, -0.15) is 0 Å². The summed E-state index contributed by atoms with van der Waals surface area (Å²) in [5, 5.41) is 1.53. The number of H-pyrrole nitrogens is 1. The summed E-state index contributed by atoms with van der Waals surface area (Å²) in [5.74, 6) is -0.131. The molecule has 1 aliphatic rings. The fourth-order valence-electron chi connectivity index (χ4n) is 4.09. The van der Waals surface area contributed by atoms with Gasteiger partial charge in [-0.05, 0) is 48.2 Å². The van der Waals surface area contributed by atoms with E-state index in [1.807, 2.05) is 13.0 Å². The molecule has 2 aromatic heterocycles. The van der Waals surface area contributed by atoms with Crippen molar-refractivity contribution < 1.29 is 18.7 Å². The number of ether oxygens (including phenoxy) is 2. The average Bonchev–Trinajstić information content (AvgIpc) is 2.71. The number of aromatic nitrogens is 1. The van der Waals surface area contributed by atoms with Crippen LogP contribution in [0.2, 0.25) is 0 Å². The van der Waals surface area contributed by atoms with Crippen LogP contribution in [0, 0.1) is 6.92 Å². The summed E-state index contributed by atoms with van der Waals surface area (Å²) in [7, 11) is 1.55. The van der Waals surface area contributed by atoms with E-state index in [0.29, 0.717) is 33.7 Å². The second-order valence-corrected chi connectivity index (χ2v) is 7.34. The number of esters is 1. The van der Waals surface area contributed by atoms with Crippen molar-refractivity contribution >= 4 is 27.8 Å². The molecule has 7 nitrogen and oxygen atoms in total. The quantitative estimate of drug-likeness (QED) is 0.313. The molecule has 3 heterocycles. The minimum absolute atomic E-state index is 0.0332. The molecule has 30 heavy (non-hydrogen) atoms. The number of aromatic amines is 1. The monoisotopic (exact) mass is 403 g/mol. The van der Waals surface area contributed by atoms with Gasteiger partial charge in [-0.25, -0.2) is 4.79 Å². The normalized spacial score (nSPS) is 15.8. The summed E-state index contributed by atoms with van der Waals surface area (Å²) in [6.45, 7) is 1.81. The number of methoxy groups -OCH3 is 1. The minimum Gasteiger partial charge on any atom is -0.497 e. The lowest BCUT2D eigenvalue weighted by Gasteiger charge is -2.25. The van der Waals surface area contributed by atoms with Crippen LogP contribution < -0.4 is 20.7 Å². The molecule has 7 heteroatoms. The molecule has 5 rings (SSSR count). The number of fused-ring (bicyclic) bond motifs is 4. The number of pyridine rings is 1. The Hall–Kier alpha value is -3.87. The number of hydrogen-bond donors (Lipinski definition) is 1. The highest BCUT2D eigenvalue weighted by Gasteiger charge is 2.33. The number of nitrogens with one attached hydrogen (secondary N) is 1. The van der Waals surface area contributed by atoms with E-state index in [9.17, 15) is 14.4 Å². The molecule has 0 bridgehead atoms. The molecule has 0 saturated carbocycles. The number of carbonyl (C=O) groups is 1. The first-order valence-electron chi connectivity index (χ1n) is 9.43. The predicted octanol–water partition coefficient (Wildman–Crippen LogP) is 3.39. The smallest absolute Gasteiger partial charge is 0.336 e. The van der Waals surface area contributed by atoms with E-state index >= 15 is 0 Å². The highest BCUT2D eigenvalue weighted by atomic mass is 16.5. The lowest BCUT2D eigenvalue weighted by Crippen LogP contribution is -2.26.